The molecule has 1 unspecified atom stereocenters. The molecule has 0 spiro atoms. The number of benzene rings is 1. The summed E-state index contributed by atoms with van der Waals surface area (Å²) >= 11 is 1.16. The average molecular weight is 420 g/mol. The molecule has 3 aromatic rings. The van der Waals surface area contributed by atoms with Gasteiger partial charge in [-0.05, 0) is 36.8 Å². The molecule has 2 heterocycles. The predicted molar refractivity (Wildman–Crippen MR) is 107 cm³/mol. The third-order valence-electron chi connectivity index (χ3n) is 4.39. The van der Waals surface area contributed by atoms with E-state index in [1.807, 2.05) is 31.2 Å². The second-order valence-electron chi connectivity index (χ2n) is 6.26. The maximum atomic E-state index is 13.0. The van der Waals surface area contributed by atoms with E-state index in [9.17, 15) is 13.2 Å². The molecular formula is C18H21N5O3S2. The number of hydrogen-bond acceptors (Lipinski definition) is 6. The molecule has 1 N–H and O–H groups in total. The predicted octanol–water partition coefficient (Wildman–Crippen LogP) is 2.35. The van der Waals surface area contributed by atoms with Crippen molar-refractivity contribution < 1.29 is 13.2 Å². The molecule has 1 amide bonds. The number of thiophene rings is 1. The summed E-state index contributed by atoms with van der Waals surface area (Å²) in [6, 6.07) is 10.5. The van der Waals surface area contributed by atoms with Crippen molar-refractivity contribution in [3.8, 4) is 5.69 Å². The lowest BCUT2D eigenvalue weighted by atomic mass is 10.1. The van der Waals surface area contributed by atoms with Gasteiger partial charge in [0.2, 0.25) is 5.91 Å². The standard InChI is InChI=1S/C18H21N5O3S2/c1-13(15-4-6-16(7-5-15)23-12-19-11-21-23)22(3)28(25,26)18-9-8-17(27-18)10-20-14(2)24/h4-9,11-13H,10H2,1-3H3,(H,20,24). The van der Waals surface area contributed by atoms with Crippen molar-refractivity contribution in [2.45, 2.75) is 30.6 Å². The van der Waals surface area contributed by atoms with Crippen LogP contribution in [-0.4, -0.2) is 40.4 Å². The van der Waals surface area contributed by atoms with Crippen LogP contribution in [0.3, 0.4) is 0 Å². The van der Waals surface area contributed by atoms with E-state index >= 15 is 0 Å². The highest BCUT2D eigenvalue weighted by molar-refractivity contribution is 7.91. The molecule has 0 fully saturated rings. The average Bonchev–Trinajstić information content (AvgIpc) is 3.37. The molecule has 0 saturated heterocycles. The Balaban J connectivity index is 1.76. The Kier molecular flexibility index (Phi) is 5.92. The van der Waals surface area contributed by atoms with Gasteiger partial charge in [0.25, 0.3) is 10.0 Å². The molecule has 0 radical (unpaired) electrons. The highest BCUT2D eigenvalue weighted by atomic mass is 32.2. The van der Waals surface area contributed by atoms with Gasteiger partial charge in [0.05, 0.1) is 12.2 Å². The number of rotatable bonds is 7. The van der Waals surface area contributed by atoms with Crippen LogP contribution < -0.4 is 5.32 Å². The second-order valence-corrected chi connectivity index (χ2v) is 9.65. The van der Waals surface area contributed by atoms with Crippen molar-refractivity contribution in [2.75, 3.05) is 7.05 Å². The van der Waals surface area contributed by atoms with E-state index in [-0.39, 0.29) is 16.2 Å². The van der Waals surface area contributed by atoms with E-state index in [2.05, 4.69) is 15.4 Å². The molecule has 148 valence electrons. The third kappa shape index (κ3) is 4.29. The Morgan fingerprint density at radius 1 is 1.25 bits per heavy atom. The lowest BCUT2D eigenvalue weighted by Crippen LogP contribution is -2.29. The fourth-order valence-corrected chi connectivity index (χ4v) is 5.44. The minimum absolute atomic E-state index is 0.155. The quantitative estimate of drug-likeness (QED) is 0.634. The molecule has 8 nitrogen and oxygen atoms in total. The zero-order valence-corrected chi connectivity index (χ0v) is 17.4. The Hall–Kier alpha value is -2.56. The molecule has 3 rings (SSSR count). The lowest BCUT2D eigenvalue weighted by Gasteiger charge is -2.24. The van der Waals surface area contributed by atoms with Crippen LogP contribution in [0, 0.1) is 0 Å². The summed E-state index contributed by atoms with van der Waals surface area (Å²) in [5.74, 6) is -0.155. The van der Waals surface area contributed by atoms with Crippen molar-refractivity contribution in [3.63, 3.8) is 0 Å². The lowest BCUT2D eigenvalue weighted by molar-refractivity contribution is -0.119. The number of aromatic nitrogens is 3. The molecule has 1 atom stereocenters. The van der Waals surface area contributed by atoms with Crippen molar-refractivity contribution >= 4 is 27.3 Å². The Labute approximate surface area is 167 Å². The number of nitrogens with zero attached hydrogens (tertiary/aromatic N) is 4. The van der Waals surface area contributed by atoms with Crippen molar-refractivity contribution in [3.05, 3.63) is 59.5 Å². The summed E-state index contributed by atoms with van der Waals surface area (Å²) in [4.78, 5) is 15.7. The molecule has 1 aromatic carbocycles. The van der Waals surface area contributed by atoms with E-state index in [1.165, 1.54) is 17.6 Å². The summed E-state index contributed by atoms with van der Waals surface area (Å²) in [6.07, 6.45) is 3.06. The Morgan fingerprint density at radius 3 is 2.57 bits per heavy atom. The summed E-state index contributed by atoms with van der Waals surface area (Å²) < 4.78 is 29.2. The molecule has 0 aliphatic heterocycles. The molecule has 28 heavy (non-hydrogen) atoms. The third-order valence-corrected chi connectivity index (χ3v) is 7.87. The van der Waals surface area contributed by atoms with Gasteiger partial charge in [-0.1, -0.05) is 12.1 Å². The summed E-state index contributed by atoms with van der Waals surface area (Å²) in [5, 5.41) is 6.75. The van der Waals surface area contributed by atoms with Crippen LogP contribution in [0.2, 0.25) is 0 Å². The SMILES string of the molecule is CC(=O)NCc1ccc(S(=O)(=O)N(C)C(C)c2ccc(-n3cncn3)cc2)s1. The molecule has 0 bridgehead atoms. The minimum atomic E-state index is -3.65. The highest BCUT2D eigenvalue weighted by Gasteiger charge is 2.27. The fourth-order valence-electron chi connectivity index (χ4n) is 2.61. The maximum Gasteiger partial charge on any atom is 0.252 e. The Bertz CT molecular complexity index is 1040. The van der Waals surface area contributed by atoms with Crippen LogP contribution in [0.25, 0.3) is 5.69 Å². The van der Waals surface area contributed by atoms with Gasteiger partial charge >= 0.3 is 0 Å². The van der Waals surface area contributed by atoms with Gasteiger partial charge in [0, 0.05) is 24.9 Å². The van der Waals surface area contributed by atoms with Crippen molar-refractivity contribution in [1.29, 1.82) is 0 Å². The van der Waals surface area contributed by atoms with Gasteiger partial charge < -0.3 is 5.32 Å². The van der Waals surface area contributed by atoms with Gasteiger partial charge in [-0.3, -0.25) is 4.79 Å². The second kappa shape index (κ2) is 8.21. The monoisotopic (exact) mass is 419 g/mol. The van der Waals surface area contributed by atoms with E-state index in [4.69, 9.17) is 0 Å². The van der Waals surface area contributed by atoms with E-state index in [0.29, 0.717) is 6.54 Å². The van der Waals surface area contributed by atoms with Crippen LogP contribution in [-0.2, 0) is 21.4 Å². The summed E-state index contributed by atoms with van der Waals surface area (Å²) in [6.45, 7) is 3.58. The highest BCUT2D eigenvalue weighted by Crippen LogP contribution is 2.30. The van der Waals surface area contributed by atoms with Crippen molar-refractivity contribution in [2.24, 2.45) is 0 Å². The smallest absolute Gasteiger partial charge is 0.252 e. The maximum absolute atomic E-state index is 13.0. The molecule has 0 aliphatic carbocycles. The Morgan fingerprint density at radius 2 is 1.96 bits per heavy atom. The zero-order valence-electron chi connectivity index (χ0n) is 15.7. The van der Waals surface area contributed by atoms with Crippen LogP contribution in [0.1, 0.15) is 30.3 Å². The summed E-state index contributed by atoms with van der Waals surface area (Å²) in [7, 11) is -2.08. The number of amides is 1. The number of nitrogens with one attached hydrogen (secondary N) is 1. The van der Waals surface area contributed by atoms with Gasteiger partial charge in [-0.25, -0.2) is 18.1 Å². The van der Waals surface area contributed by atoms with Gasteiger partial charge in [-0.15, -0.1) is 11.3 Å². The van der Waals surface area contributed by atoms with Gasteiger partial charge in [0.15, 0.2) is 0 Å². The first-order valence-corrected chi connectivity index (χ1v) is 10.8. The molecule has 0 saturated carbocycles. The van der Waals surface area contributed by atoms with Crippen LogP contribution in [0.4, 0.5) is 0 Å². The topological polar surface area (TPSA) is 97.2 Å². The van der Waals surface area contributed by atoms with Crippen LogP contribution in [0.5, 0.6) is 0 Å². The minimum Gasteiger partial charge on any atom is -0.351 e. The van der Waals surface area contributed by atoms with Gasteiger partial charge in [0.1, 0.15) is 16.9 Å². The molecule has 0 aliphatic rings. The normalized spacial score (nSPS) is 12.9. The largest absolute Gasteiger partial charge is 0.351 e. The molecule has 2 aromatic heterocycles. The zero-order chi connectivity index (χ0) is 20.3. The fraction of sp³-hybridized carbons (Fsp3) is 0.278. The summed E-state index contributed by atoms with van der Waals surface area (Å²) in [5.41, 5.74) is 1.71. The number of carbonyl (C=O) groups excluding carboxylic acids is 1. The van der Waals surface area contributed by atoms with E-state index < -0.39 is 10.0 Å². The first-order valence-electron chi connectivity index (χ1n) is 8.55. The molecular weight excluding hydrogens is 398 g/mol. The first kappa shape index (κ1) is 20.2. The molecule has 10 heteroatoms. The number of carbonyl (C=O) groups is 1. The van der Waals surface area contributed by atoms with Crippen molar-refractivity contribution in [1.82, 2.24) is 24.4 Å². The van der Waals surface area contributed by atoms with E-state index in [0.717, 1.165) is 27.5 Å². The number of sulfonamides is 1. The van der Waals surface area contributed by atoms with Gasteiger partial charge in [-0.2, -0.15) is 9.40 Å². The van der Waals surface area contributed by atoms with Crippen LogP contribution in [0.15, 0.2) is 53.3 Å². The van der Waals surface area contributed by atoms with E-state index in [1.54, 1.807) is 30.2 Å². The number of hydrogen-bond donors (Lipinski definition) is 1. The van der Waals surface area contributed by atoms with Crippen LogP contribution >= 0.6 is 11.3 Å². The first-order chi connectivity index (χ1) is 13.3.